The van der Waals surface area contributed by atoms with E-state index in [1.807, 2.05) is 6.08 Å². The lowest BCUT2D eigenvalue weighted by Gasteiger charge is -2.39. The molecule has 1 N–H and O–H groups in total. The predicted molar refractivity (Wildman–Crippen MR) is 133 cm³/mol. The van der Waals surface area contributed by atoms with Crippen LogP contribution in [-0.2, 0) is 33.3 Å². The molecular weight excluding hydrogens is 476 g/mol. The van der Waals surface area contributed by atoms with E-state index in [0.29, 0.717) is 38.0 Å². The van der Waals surface area contributed by atoms with Crippen molar-refractivity contribution in [3.05, 3.63) is 35.3 Å². The van der Waals surface area contributed by atoms with Gasteiger partial charge in [-0.05, 0) is 62.9 Å². The van der Waals surface area contributed by atoms with E-state index in [4.69, 9.17) is 18.9 Å². The number of ether oxygens (including phenoxy) is 4. The standard InChI is InChI=1S/C29H38O8/c30-24-22(25(31)35-28(34-24)16-6-2-7-17-28)14-12-21(20-10-4-1-5-11-20)13-15-23-26(32)36-29(37-27(23)33)18-8-3-9-19-29/h12,14-15,20-21,30H,1-11,13,16-19H2. The van der Waals surface area contributed by atoms with Crippen molar-refractivity contribution < 1.29 is 38.4 Å². The van der Waals surface area contributed by atoms with Crippen LogP contribution >= 0.6 is 0 Å². The molecule has 2 aliphatic heterocycles. The number of carbonyl (C=O) groups is 3. The molecule has 0 aromatic rings. The Balaban J connectivity index is 1.32. The molecule has 3 saturated carbocycles. The molecule has 3 aliphatic carbocycles. The Morgan fingerprint density at radius 2 is 1.24 bits per heavy atom. The lowest BCUT2D eigenvalue weighted by molar-refractivity contribution is -0.249. The summed E-state index contributed by atoms with van der Waals surface area (Å²) in [5, 5.41) is 10.6. The van der Waals surface area contributed by atoms with Crippen molar-refractivity contribution in [2.75, 3.05) is 0 Å². The third kappa shape index (κ3) is 5.73. The van der Waals surface area contributed by atoms with Crippen LogP contribution in [0.15, 0.2) is 35.3 Å². The maximum absolute atomic E-state index is 12.8. The third-order valence-electron chi connectivity index (χ3n) is 8.60. The minimum atomic E-state index is -1.10. The van der Waals surface area contributed by atoms with Gasteiger partial charge >= 0.3 is 17.9 Å². The van der Waals surface area contributed by atoms with E-state index in [9.17, 15) is 19.5 Å². The zero-order valence-electron chi connectivity index (χ0n) is 21.5. The van der Waals surface area contributed by atoms with Gasteiger partial charge in [0.1, 0.15) is 11.1 Å². The molecule has 1 saturated heterocycles. The van der Waals surface area contributed by atoms with Crippen LogP contribution in [0.25, 0.3) is 0 Å². The number of aliphatic hydroxyl groups is 1. The average Bonchev–Trinajstić information content (AvgIpc) is 2.88. The molecule has 37 heavy (non-hydrogen) atoms. The summed E-state index contributed by atoms with van der Waals surface area (Å²) in [6, 6.07) is 0. The summed E-state index contributed by atoms with van der Waals surface area (Å²) in [6.45, 7) is 0. The fourth-order valence-electron chi connectivity index (χ4n) is 6.47. The Labute approximate surface area is 218 Å². The quantitative estimate of drug-likeness (QED) is 0.278. The molecule has 0 bridgehead atoms. The maximum Gasteiger partial charge on any atom is 0.348 e. The lowest BCUT2D eigenvalue weighted by Crippen LogP contribution is -2.47. The van der Waals surface area contributed by atoms with E-state index in [2.05, 4.69) is 0 Å². The lowest BCUT2D eigenvalue weighted by atomic mass is 9.78. The highest BCUT2D eigenvalue weighted by atomic mass is 16.8. The van der Waals surface area contributed by atoms with Gasteiger partial charge in [-0.1, -0.05) is 44.3 Å². The van der Waals surface area contributed by atoms with Crippen LogP contribution in [0.4, 0.5) is 0 Å². The first-order valence-corrected chi connectivity index (χ1v) is 14.1. The largest absolute Gasteiger partial charge is 0.480 e. The Kier molecular flexibility index (Phi) is 7.63. The second-order valence-electron chi connectivity index (χ2n) is 11.2. The zero-order valence-corrected chi connectivity index (χ0v) is 21.5. The first kappa shape index (κ1) is 25.9. The summed E-state index contributed by atoms with van der Waals surface area (Å²) < 4.78 is 22.6. The summed E-state index contributed by atoms with van der Waals surface area (Å²) in [5.41, 5.74) is -0.0625. The Morgan fingerprint density at radius 3 is 1.81 bits per heavy atom. The molecule has 5 aliphatic rings. The van der Waals surface area contributed by atoms with Gasteiger partial charge < -0.3 is 24.1 Å². The van der Waals surface area contributed by atoms with E-state index in [-0.39, 0.29) is 17.1 Å². The highest BCUT2D eigenvalue weighted by Crippen LogP contribution is 2.40. The average molecular weight is 515 g/mol. The van der Waals surface area contributed by atoms with Crippen LogP contribution in [0.2, 0.25) is 0 Å². The molecule has 0 amide bonds. The smallest absolute Gasteiger partial charge is 0.348 e. The Bertz CT molecular complexity index is 965. The fourth-order valence-corrected chi connectivity index (χ4v) is 6.47. The van der Waals surface area contributed by atoms with E-state index in [1.165, 1.54) is 6.42 Å². The molecular formula is C29H38O8. The van der Waals surface area contributed by atoms with Crippen molar-refractivity contribution >= 4 is 17.9 Å². The summed E-state index contributed by atoms with van der Waals surface area (Å²) in [4.78, 5) is 38.4. The van der Waals surface area contributed by atoms with Crippen molar-refractivity contribution in [2.45, 2.75) is 114 Å². The number of hydrogen-bond acceptors (Lipinski definition) is 8. The predicted octanol–water partition coefficient (Wildman–Crippen LogP) is 5.82. The summed E-state index contributed by atoms with van der Waals surface area (Å²) in [5.74, 6) is -4.09. The zero-order chi connectivity index (χ0) is 25.9. The van der Waals surface area contributed by atoms with Gasteiger partial charge in [-0.2, -0.15) is 0 Å². The molecule has 0 aromatic carbocycles. The van der Waals surface area contributed by atoms with Gasteiger partial charge in [0.15, 0.2) is 0 Å². The van der Waals surface area contributed by atoms with Crippen molar-refractivity contribution in [3.63, 3.8) is 0 Å². The van der Waals surface area contributed by atoms with Gasteiger partial charge in [0.25, 0.3) is 17.5 Å². The highest BCUT2D eigenvalue weighted by Gasteiger charge is 2.47. The van der Waals surface area contributed by atoms with E-state index in [1.54, 1.807) is 12.2 Å². The first-order chi connectivity index (χ1) is 17.9. The normalized spacial score (nSPS) is 27.0. The minimum absolute atomic E-state index is 0.000358. The summed E-state index contributed by atoms with van der Waals surface area (Å²) in [6.07, 6.45) is 18.8. The van der Waals surface area contributed by atoms with Gasteiger partial charge in [0.05, 0.1) is 0 Å². The molecule has 0 aromatic heterocycles. The monoisotopic (exact) mass is 514 g/mol. The van der Waals surface area contributed by atoms with Gasteiger partial charge in [-0.3, -0.25) is 0 Å². The van der Waals surface area contributed by atoms with Crippen LogP contribution in [0.1, 0.15) is 103 Å². The molecule has 8 heteroatoms. The highest BCUT2D eigenvalue weighted by molar-refractivity contribution is 6.15. The number of hydrogen-bond donors (Lipinski definition) is 1. The second-order valence-corrected chi connectivity index (χ2v) is 11.2. The van der Waals surface area contributed by atoms with Gasteiger partial charge in [-0.15, -0.1) is 0 Å². The topological polar surface area (TPSA) is 108 Å². The molecule has 8 nitrogen and oxygen atoms in total. The first-order valence-electron chi connectivity index (χ1n) is 14.1. The van der Waals surface area contributed by atoms with Crippen LogP contribution in [0, 0.1) is 11.8 Å². The molecule has 1 unspecified atom stereocenters. The van der Waals surface area contributed by atoms with E-state index in [0.717, 1.165) is 64.2 Å². The van der Waals surface area contributed by atoms with E-state index < -0.39 is 35.4 Å². The van der Waals surface area contributed by atoms with Crippen molar-refractivity contribution in [1.82, 2.24) is 0 Å². The van der Waals surface area contributed by atoms with Crippen LogP contribution in [0.5, 0.6) is 0 Å². The molecule has 5 rings (SSSR count). The summed E-state index contributed by atoms with van der Waals surface area (Å²) in [7, 11) is 0. The number of aliphatic hydroxyl groups excluding tert-OH is 1. The van der Waals surface area contributed by atoms with Crippen LogP contribution < -0.4 is 0 Å². The molecule has 2 heterocycles. The molecule has 0 radical (unpaired) electrons. The Hall–Kier alpha value is -2.77. The SMILES string of the molecule is O=C1OC2(CCCCC2)OC(=O)C1=CCC(C=CC1=C(O)OC2(CCCCC2)OC1=O)C1CCCCC1. The maximum atomic E-state index is 12.8. The number of allylic oxidation sites excluding steroid dienone is 2. The number of rotatable bonds is 5. The van der Waals surface area contributed by atoms with Gasteiger partial charge in [0, 0.05) is 25.7 Å². The minimum Gasteiger partial charge on any atom is -0.480 e. The van der Waals surface area contributed by atoms with Crippen molar-refractivity contribution in [1.29, 1.82) is 0 Å². The molecule has 1 atom stereocenters. The molecule has 4 fully saturated rings. The molecule has 202 valence electrons. The van der Waals surface area contributed by atoms with Crippen molar-refractivity contribution in [3.8, 4) is 0 Å². The second kappa shape index (κ2) is 10.9. The Morgan fingerprint density at radius 1 is 0.730 bits per heavy atom. The fraction of sp³-hybridized carbons (Fsp3) is 0.690. The molecule has 2 spiro atoms. The van der Waals surface area contributed by atoms with Crippen LogP contribution in [0.3, 0.4) is 0 Å². The number of carbonyl (C=O) groups excluding carboxylic acids is 3. The third-order valence-corrected chi connectivity index (χ3v) is 8.60. The van der Waals surface area contributed by atoms with Crippen LogP contribution in [-0.4, -0.2) is 34.6 Å². The van der Waals surface area contributed by atoms with Gasteiger partial charge in [0.2, 0.25) is 0 Å². The van der Waals surface area contributed by atoms with Gasteiger partial charge in [-0.25, -0.2) is 14.4 Å². The summed E-state index contributed by atoms with van der Waals surface area (Å²) >= 11 is 0. The van der Waals surface area contributed by atoms with E-state index >= 15 is 0 Å². The number of esters is 3. The van der Waals surface area contributed by atoms with Crippen molar-refractivity contribution in [2.24, 2.45) is 11.8 Å².